The molecule has 17 heteroatoms. The topological polar surface area (TPSA) is 225 Å². The standard InChI is InChI=1S/C35H51N3O14/c1-2-36-33(40)17-9-4-3-8-16-29-30(32(26-31(29)39)52-35(42)48-23-11-13-25-50-38(45)46)21-20-28(19-18-27-14-6-5-7-15-27)51-34(41)47-22-10-12-24-49-37(43)44/h3,5-8,14-15,20-21,28-32,39H,2,4,9-13,16-19,22-26H2,1H3,(H,36,40)/b8-3-,21-20+/t28-,29+,30+,31?,32?/m0/s1. The minimum absolute atomic E-state index is 0.0145. The smallest absolute Gasteiger partial charge is 0.434 e. The third-order valence-corrected chi connectivity index (χ3v) is 8.13. The summed E-state index contributed by atoms with van der Waals surface area (Å²) in [5.74, 6) is -0.869. The number of aliphatic hydroxyl groups is 1. The molecule has 0 spiro atoms. The molecule has 52 heavy (non-hydrogen) atoms. The molecule has 1 saturated carbocycles. The van der Waals surface area contributed by atoms with Gasteiger partial charge in [-0.05, 0) is 82.3 Å². The number of rotatable bonds is 26. The summed E-state index contributed by atoms with van der Waals surface area (Å²) in [7, 11) is 0. The molecule has 0 heterocycles. The first-order valence-electron chi connectivity index (χ1n) is 17.6. The molecule has 0 bridgehead atoms. The van der Waals surface area contributed by atoms with Crippen molar-refractivity contribution in [2.45, 2.75) is 95.9 Å². The Balaban J connectivity index is 2.12. The Morgan fingerprint density at radius 2 is 1.56 bits per heavy atom. The van der Waals surface area contributed by atoms with Crippen molar-refractivity contribution in [3.8, 4) is 0 Å². The van der Waals surface area contributed by atoms with Gasteiger partial charge in [-0.15, -0.1) is 20.2 Å². The Bertz CT molecular complexity index is 1280. The molecule has 1 aliphatic rings. The zero-order valence-electron chi connectivity index (χ0n) is 29.5. The molecule has 1 aromatic carbocycles. The number of amides is 1. The van der Waals surface area contributed by atoms with Crippen LogP contribution in [0.25, 0.3) is 0 Å². The summed E-state index contributed by atoms with van der Waals surface area (Å²) in [6, 6.07) is 9.59. The van der Waals surface area contributed by atoms with E-state index >= 15 is 0 Å². The Kier molecular flexibility index (Phi) is 21.6. The number of unbranched alkanes of at least 4 members (excludes halogenated alkanes) is 3. The Labute approximate surface area is 302 Å². The van der Waals surface area contributed by atoms with Crippen LogP contribution in [-0.2, 0) is 39.8 Å². The number of allylic oxidation sites excluding steroid dienone is 2. The van der Waals surface area contributed by atoms with Gasteiger partial charge < -0.3 is 39.0 Å². The summed E-state index contributed by atoms with van der Waals surface area (Å²) >= 11 is 0. The normalized spacial score (nSPS) is 18.8. The third-order valence-electron chi connectivity index (χ3n) is 8.13. The zero-order valence-corrected chi connectivity index (χ0v) is 29.5. The van der Waals surface area contributed by atoms with Gasteiger partial charge in [0.1, 0.15) is 12.2 Å². The third kappa shape index (κ3) is 19.5. The lowest BCUT2D eigenvalue weighted by molar-refractivity contribution is -0.757. The van der Waals surface area contributed by atoms with Crippen molar-refractivity contribution in [3.63, 3.8) is 0 Å². The number of hydrogen-bond acceptors (Lipinski definition) is 14. The Morgan fingerprint density at radius 1 is 0.923 bits per heavy atom. The van der Waals surface area contributed by atoms with Crippen molar-refractivity contribution in [2.24, 2.45) is 11.8 Å². The first-order valence-corrected chi connectivity index (χ1v) is 17.6. The second-order valence-corrected chi connectivity index (χ2v) is 12.0. The molecule has 1 amide bonds. The fourth-order valence-electron chi connectivity index (χ4n) is 5.56. The highest BCUT2D eigenvalue weighted by atomic mass is 17.0. The van der Waals surface area contributed by atoms with Crippen LogP contribution in [0, 0.1) is 32.1 Å². The summed E-state index contributed by atoms with van der Waals surface area (Å²) in [5.41, 5.74) is 1.02. The van der Waals surface area contributed by atoms with Crippen LogP contribution >= 0.6 is 0 Å². The van der Waals surface area contributed by atoms with Crippen molar-refractivity contribution in [1.82, 2.24) is 5.32 Å². The van der Waals surface area contributed by atoms with Crippen molar-refractivity contribution >= 4 is 18.2 Å². The lowest BCUT2D eigenvalue weighted by Crippen LogP contribution is -2.26. The fourth-order valence-corrected chi connectivity index (χ4v) is 5.56. The molecule has 2 unspecified atom stereocenters. The minimum Gasteiger partial charge on any atom is -0.434 e. The van der Waals surface area contributed by atoms with Gasteiger partial charge in [-0.2, -0.15) is 0 Å². The van der Waals surface area contributed by atoms with Gasteiger partial charge in [0.2, 0.25) is 5.91 Å². The molecule has 0 radical (unpaired) electrons. The molecule has 1 aliphatic carbocycles. The summed E-state index contributed by atoms with van der Waals surface area (Å²) in [5, 5.41) is 32.7. The minimum atomic E-state index is -0.948. The van der Waals surface area contributed by atoms with Gasteiger partial charge in [0.25, 0.3) is 10.2 Å². The van der Waals surface area contributed by atoms with Crippen LogP contribution in [0.1, 0.15) is 76.7 Å². The number of aryl methyl sites for hydroxylation is 1. The molecule has 2 N–H and O–H groups in total. The molecule has 1 fully saturated rings. The van der Waals surface area contributed by atoms with Crippen molar-refractivity contribution < 1.29 is 58.3 Å². The maximum Gasteiger partial charge on any atom is 0.508 e. The fraction of sp³-hybridized carbons (Fsp3) is 0.629. The number of carbonyl (C=O) groups excluding carboxylic acids is 3. The lowest BCUT2D eigenvalue weighted by Gasteiger charge is -2.23. The van der Waals surface area contributed by atoms with Gasteiger partial charge in [-0.1, -0.05) is 48.6 Å². The van der Waals surface area contributed by atoms with Crippen molar-refractivity contribution in [2.75, 3.05) is 33.0 Å². The SMILES string of the molecule is CCNC(=O)CCC/C=C\C[C@H]1C(O)CC(OC(=O)OCCCCO[N+](=O)[O-])[C@@H]1/C=C/[C@H](CCc1ccccc1)OC(=O)OCCCCO[N+](=O)[O-]. The first kappa shape index (κ1) is 43.2. The van der Waals surface area contributed by atoms with Gasteiger partial charge in [0, 0.05) is 25.3 Å². The Hall–Kier alpha value is -4.93. The highest BCUT2D eigenvalue weighted by Crippen LogP contribution is 2.38. The summed E-state index contributed by atoms with van der Waals surface area (Å²) in [4.78, 5) is 66.1. The number of nitrogens with zero attached hydrogens (tertiary/aromatic N) is 2. The molecule has 17 nitrogen and oxygen atoms in total. The lowest BCUT2D eigenvalue weighted by atomic mass is 9.89. The molecule has 0 aromatic heterocycles. The van der Waals surface area contributed by atoms with Crippen molar-refractivity contribution in [3.05, 3.63) is 80.4 Å². The van der Waals surface area contributed by atoms with E-state index in [4.69, 9.17) is 18.9 Å². The van der Waals surface area contributed by atoms with E-state index in [9.17, 15) is 39.7 Å². The Morgan fingerprint density at radius 3 is 2.19 bits per heavy atom. The van der Waals surface area contributed by atoms with Crippen LogP contribution in [0.15, 0.2) is 54.6 Å². The van der Waals surface area contributed by atoms with Gasteiger partial charge in [0.05, 0.1) is 32.5 Å². The van der Waals surface area contributed by atoms with Crippen LogP contribution in [0.4, 0.5) is 9.59 Å². The molecule has 0 saturated heterocycles. The maximum atomic E-state index is 12.6. The van der Waals surface area contributed by atoms with E-state index in [1.54, 1.807) is 12.2 Å². The monoisotopic (exact) mass is 737 g/mol. The second-order valence-electron chi connectivity index (χ2n) is 12.0. The van der Waals surface area contributed by atoms with E-state index < -0.39 is 46.7 Å². The summed E-state index contributed by atoms with van der Waals surface area (Å²) < 4.78 is 21.6. The number of ether oxygens (including phenoxy) is 4. The van der Waals surface area contributed by atoms with E-state index in [-0.39, 0.29) is 44.7 Å². The van der Waals surface area contributed by atoms with Crippen LogP contribution in [0.5, 0.6) is 0 Å². The van der Waals surface area contributed by atoms with Crippen LogP contribution < -0.4 is 5.32 Å². The molecule has 290 valence electrons. The highest BCUT2D eigenvalue weighted by Gasteiger charge is 2.43. The summed E-state index contributed by atoms with van der Waals surface area (Å²) in [6.07, 6.45) is 7.64. The molecule has 2 rings (SSSR count). The van der Waals surface area contributed by atoms with E-state index in [1.807, 2.05) is 49.4 Å². The van der Waals surface area contributed by atoms with E-state index in [2.05, 4.69) is 15.0 Å². The largest absolute Gasteiger partial charge is 0.508 e. The van der Waals surface area contributed by atoms with Crippen LogP contribution in [0.3, 0.4) is 0 Å². The van der Waals surface area contributed by atoms with E-state index in [0.717, 1.165) is 5.56 Å². The van der Waals surface area contributed by atoms with Crippen molar-refractivity contribution in [1.29, 1.82) is 0 Å². The maximum absolute atomic E-state index is 12.6. The quantitative estimate of drug-likeness (QED) is 0.0397. The van der Waals surface area contributed by atoms with Crippen LogP contribution in [-0.4, -0.2) is 84.8 Å². The van der Waals surface area contributed by atoms with Gasteiger partial charge in [-0.25, -0.2) is 9.59 Å². The van der Waals surface area contributed by atoms with Gasteiger partial charge >= 0.3 is 12.3 Å². The van der Waals surface area contributed by atoms with E-state index in [0.29, 0.717) is 70.8 Å². The second kappa shape index (κ2) is 25.9. The molecular weight excluding hydrogens is 686 g/mol. The number of carbonyl (C=O) groups is 3. The molecule has 1 aromatic rings. The number of aliphatic hydroxyl groups excluding tert-OH is 1. The van der Waals surface area contributed by atoms with E-state index in [1.165, 1.54) is 0 Å². The summed E-state index contributed by atoms with van der Waals surface area (Å²) in [6.45, 7) is 2.11. The number of benzene rings is 1. The molecule has 0 aliphatic heterocycles. The number of nitrogens with one attached hydrogen (secondary N) is 1. The first-order chi connectivity index (χ1) is 25.1. The predicted molar refractivity (Wildman–Crippen MR) is 185 cm³/mol. The number of hydrogen-bond donors (Lipinski definition) is 2. The molecule has 5 atom stereocenters. The average Bonchev–Trinajstić information content (AvgIpc) is 3.39. The van der Waals surface area contributed by atoms with Crippen LogP contribution in [0.2, 0.25) is 0 Å². The predicted octanol–water partition coefficient (Wildman–Crippen LogP) is 5.45. The highest BCUT2D eigenvalue weighted by molar-refractivity contribution is 5.75. The molecular formula is C35H51N3O14. The van der Waals surface area contributed by atoms with Gasteiger partial charge in [0.15, 0.2) is 0 Å². The van der Waals surface area contributed by atoms with Gasteiger partial charge in [-0.3, -0.25) is 4.79 Å². The average molecular weight is 738 g/mol. The zero-order chi connectivity index (χ0) is 38.0.